The van der Waals surface area contributed by atoms with Gasteiger partial charge >= 0.3 is 18.9 Å². The van der Waals surface area contributed by atoms with Gasteiger partial charge in [0.05, 0.1) is 22.1 Å². The van der Waals surface area contributed by atoms with E-state index >= 15 is 0 Å². The van der Waals surface area contributed by atoms with Crippen LogP contribution in [-0.4, -0.2) is 83.6 Å². The Hall–Kier alpha value is -4.18. The molecule has 0 fully saturated rings. The van der Waals surface area contributed by atoms with Crippen molar-refractivity contribution in [1.82, 2.24) is 50.4 Å². The summed E-state index contributed by atoms with van der Waals surface area (Å²) in [7, 11) is 3.48. The second-order valence-corrected chi connectivity index (χ2v) is 8.36. The molecule has 4 heterocycles. The minimum absolute atomic E-state index is 0. The zero-order valence-corrected chi connectivity index (χ0v) is 22.2. The number of anilines is 2. The first-order chi connectivity index (χ1) is 19.0. The van der Waals surface area contributed by atoms with E-state index in [9.17, 15) is 4.79 Å². The van der Waals surface area contributed by atoms with Crippen LogP contribution in [0.4, 0.5) is 11.6 Å². The number of rotatable bonds is 7. The zero-order chi connectivity index (χ0) is 27.4. The van der Waals surface area contributed by atoms with Crippen LogP contribution in [0.5, 0.6) is 0 Å². The van der Waals surface area contributed by atoms with E-state index in [1.165, 1.54) is 0 Å². The van der Waals surface area contributed by atoms with Crippen molar-refractivity contribution in [1.29, 1.82) is 0 Å². The molecule has 0 spiro atoms. The number of nitrogens with one attached hydrogen (secondary N) is 2. The molecule has 2 aromatic carbocycles. The van der Waals surface area contributed by atoms with E-state index in [0.717, 1.165) is 35.2 Å². The second kappa shape index (κ2) is 13.9. The summed E-state index contributed by atoms with van der Waals surface area (Å²) in [4.78, 5) is 20.7. The van der Waals surface area contributed by atoms with Crippen molar-refractivity contribution in [2.24, 2.45) is 0 Å². The van der Waals surface area contributed by atoms with E-state index in [1.807, 2.05) is 55.6 Å². The van der Waals surface area contributed by atoms with Gasteiger partial charge in [0, 0.05) is 20.1 Å². The molecule has 41 heavy (non-hydrogen) atoms. The van der Waals surface area contributed by atoms with Gasteiger partial charge in [-0.2, -0.15) is 0 Å². The number of para-hydroxylation sites is 4. The molecule has 0 bridgehead atoms. The maximum absolute atomic E-state index is 11.7. The summed E-state index contributed by atoms with van der Waals surface area (Å²) in [5, 5.41) is 20.4. The van der Waals surface area contributed by atoms with Gasteiger partial charge in [-0.05, 0) is 51.9 Å². The van der Waals surface area contributed by atoms with Crippen LogP contribution in [0.3, 0.4) is 0 Å². The average molecular weight is 569 g/mol. The molecule has 4 aromatic heterocycles. The van der Waals surface area contributed by atoms with E-state index < -0.39 is 0 Å². The third-order valence-corrected chi connectivity index (χ3v) is 5.93. The van der Waals surface area contributed by atoms with Crippen LogP contribution in [0.25, 0.3) is 45.1 Å². The number of nitrogen functional groups attached to an aromatic ring is 2. The van der Waals surface area contributed by atoms with Gasteiger partial charge in [-0.25, -0.2) is 19.2 Å². The van der Waals surface area contributed by atoms with Crippen molar-refractivity contribution >= 4 is 57.0 Å². The maximum atomic E-state index is 11.7. The van der Waals surface area contributed by atoms with Crippen LogP contribution in [-0.2, 0) is 17.9 Å². The first-order valence-corrected chi connectivity index (χ1v) is 11.9. The molecule has 6 rings (SSSR count). The molecule has 0 radical (unpaired) electrons. The predicted octanol–water partition coefficient (Wildman–Crippen LogP) is -2.76. The van der Waals surface area contributed by atoms with Gasteiger partial charge in [-0.15, -0.1) is 0 Å². The summed E-state index contributed by atoms with van der Waals surface area (Å²) in [6.45, 7) is 1.69. The first-order valence-electron chi connectivity index (χ1n) is 11.9. The molecule has 0 unspecified atom stereocenters. The van der Waals surface area contributed by atoms with Gasteiger partial charge in [0.1, 0.15) is 6.54 Å². The monoisotopic (exact) mass is 568 g/mol. The molecular formula is C24H30AlLiN12O3. The van der Waals surface area contributed by atoms with Gasteiger partial charge in [0.25, 0.3) is 0 Å². The van der Waals surface area contributed by atoms with E-state index in [2.05, 4.69) is 55.1 Å². The zero-order valence-electron chi connectivity index (χ0n) is 23.2. The van der Waals surface area contributed by atoms with Crippen LogP contribution in [0.1, 0.15) is 1.43 Å². The number of carbonyl (C=O) groups is 1. The van der Waals surface area contributed by atoms with Crippen LogP contribution in [0, 0.1) is 0 Å². The van der Waals surface area contributed by atoms with Crippen molar-refractivity contribution in [2.75, 3.05) is 32.1 Å². The number of nitrogens with zero attached hydrogens (tertiary/aromatic N) is 8. The van der Waals surface area contributed by atoms with Gasteiger partial charge in [0.15, 0.2) is 52.0 Å². The summed E-state index contributed by atoms with van der Waals surface area (Å²) < 4.78 is 13.0. The second-order valence-electron chi connectivity index (χ2n) is 8.36. The number of nitrogens with two attached hydrogens (primary N) is 2. The number of hydrogen-bond donors (Lipinski definition) is 4. The number of likely N-dealkylation sites (N-methyl/N-ethyl adjacent to an activating group) is 2. The molecule has 208 valence electrons. The molecule has 6 aromatic rings. The normalized spacial score (nSPS) is 10.5. The molecule has 0 aliphatic rings. The Labute approximate surface area is 257 Å². The third-order valence-electron chi connectivity index (χ3n) is 5.93. The van der Waals surface area contributed by atoms with Crippen molar-refractivity contribution in [2.45, 2.75) is 13.1 Å². The predicted molar refractivity (Wildman–Crippen MR) is 154 cm³/mol. The Morgan fingerprint density at radius 2 is 1.32 bits per heavy atom. The van der Waals surface area contributed by atoms with Gasteiger partial charge < -0.3 is 32.7 Å². The molecule has 6 N–H and O–H groups in total. The third kappa shape index (κ3) is 6.43. The van der Waals surface area contributed by atoms with Crippen LogP contribution < -0.4 is 41.0 Å². The topological polar surface area (TPSA) is 207 Å². The molecule has 0 aliphatic carbocycles. The smallest absolute Gasteiger partial charge is 1.00 e. The van der Waals surface area contributed by atoms with Crippen LogP contribution >= 0.6 is 0 Å². The molecule has 0 saturated heterocycles. The van der Waals surface area contributed by atoms with Crippen LogP contribution in [0.15, 0.2) is 57.8 Å². The summed E-state index contributed by atoms with van der Waals surface area (Å²) in [5.74, 6) is 1.37. The molecular weight excluding hydrogens is 538 g/mol. The molecule has 0 atom stereocenters. The van der Waals surface area contributed by atoms with Crippen molar-refractivity contribution < 1.29 is 34.3 Å². The van der Waals surface area contributed by atoms with Crippen molar-refractivity contribution in [3.05, 3.63) is 48.5 Å². The molecule has 15 nitrogen and oxygen atoms in total. The minimum Gasteiger partial charge on any atom is -1.00 e. The van der Waals surface area contributed by atoms with E-state index in [4.69, 9.17) is 11.5 Å². The Balaban J connectivity index is 0.000000274. The standard InChI is InChI=1S/C12H12N6O2.C12H14N6O.Al.Li.4H/c1-14-9(19)6-18-8-5-3-2-4-7(8)15-12(18)10-11(13)17-20-16-10;1-14-6-7-18-9-5-3-2-4-8(9)15-12(18)10-11(13)17-19-16-10;;;;;;/h2-5H,6H2,1H3,(H2,13,17)(H,14,19);2-5,14H,6-7H2,1H3,(H2,13,17);;;;;;/q;;;+1;;;;-1. The first kappa shape index (κ1) is 31.3. The average Bonchev–Trinajstić information content (AvgIpc) is 3.73. The Morgan fingerprint density at radius 3 is 1.78 bits per heavy atom. The Kier molecular flexibility index (Phi) is 10.7. The Bertz CT molecular complexity index is 1750. The molecule has 0 aliphatic heterocycles. The molecule has 1 amide bonds. The minimum atomic E-state index is -0.149. The van der Waals surface area contributed by atoms with Gasteiger partial charge in [0.2, 0.25) is 5.91 Å². The van der Waals surface area contributed by atoms with Crippen molar-refractivity contribution in [3.63, 3.8) is 0 Å². The molecule has 0 saturated carbocycles. The van der Waals surface area contributed by atoms with Gasteiger partial charge in [-0.1, -0.05) is 24.3 Å². The SMILES string of the molecule is CNC(=O)Cn1c(-c2nonc2N)nc2ccccc21.CNCCn1c(-c2nonc2N)nc2ccccc21.[AlH3].[H-].[Li+]. The summed E-state index contributed by atoms with van der Waals surface area (Å²) >= 11 is 0. The number of amides is 1. The van der Waals surface area contributed by atoms with E-state index in [1.54, 1.807) is 11.6 Å². The van der Waals surface area contributed by atoms with E-state index in [-0.39, 0.29) is 61.7 Å². The maximum Gasteiger partial charge on any atom is 1.00 e. The fraction of sp³-hybridized carbons (Fsp3) is 0.208. The summed E-state index contributed by atoms with van der Waals surface area (Å²) in [6.07, 6.45) is 0. The van der Waals surface area contributed by atoms with E-state index in [0.29, 0.717) is 23.0 Å². The number of hydrogen-bond acceptors (Lipinski definition) is 12. The van der Waals surface area contributed by atoms with Crippen molar-refractivity contribution in [3.8, 4) is 23.0 Å². The molecule has 17 heteroatoms. The number of benzene rings is 2. The number of carbonyl (C=O) groups excluding carboxylic acids is 1. The summed E-state index contributed by atoms with van der Waals surface area (Å²) in [6, 6.07) is 15.4. The summed E-state index contributed by atoms with van der Waals surface area (Å²) in [5.41, 5.74) is 15.8. The number of aromatic nitrogens is 8. The Morgan fingerprint density at radius 1 is 0.829 bits per heavy atom. The fourth-order valence-corrected chi connectivity index (χ4v) is 4.05. The number of fused-ring (bicyclic) bond motifs is 2. The van der Waals surface area contributed by atoms with Gasteiger partial charge in [-0.3, -0.25) is 4.79 Å². The quantitative estimate of drug-likeness (QED) is 0.144. The largest absolute Gasteiger partial charge is 1.00 e. The van der Waals surface area contributed by atoms with Crippen LogP contribution in [0.2, 0.25) is 0 Å². The fourth-order valence-electron chi connectivity index (χ4n) is 4.05. The number of imidazole rings is 2.